The van der Waals surface area contributed by atoms with Gasteiger partial charge in [-0.3, -0.25) is 0 Å². The molecule has 0 spiro atoms. The van der Waals surface area contributed by atoms with Gasteiger partial charge in [-0.25, -0.2) is 0 Å². The van der Waals surface area contributed by atoms with Gasteiger partial charge < -0.3 is 19.8 Å². The molecular weight excluding hydrogens is 352 g/mol. The lowest BCUT2D eigenvalue weighted by Crippen LogP contribution is -2.52. The Morgan fingerprint density at radius 2 is 1.25 bits per heavy atom. The number of carbonyl (C=O) groups excluding carboxylic acids is 2. The van der Waals surface area contributed by atoms with Crippen LogP contribution in [0.4, 0.5) is 0 Å². The minimum atomic E-state index is -1.13. The first-order valence-corrected chi connectivity index (χ1v) is 10.1. The molecule has 0 heterocycles. The third kappa shape index (κ3) is 2.66. The number of hydrogen-bond acceptors (Lipinski definition) is 4. The monoisotopic (exact) mass is 374 g/mol. The van der Waals surface area contributed by atoms with Gasteiger partial charge in [0.15, 0.2) is 0 Å². The summed E-state index contributed by atoms with van der Waals surface area (Å²) in [4.78, 5) is 22.1. The van der Waals surface area contributed by atoms with Crippen molar-refractivity contribution in [2.24, 2.45) is 17.8 Å². The van der Waals surface area contributed by atoms with Crippen molar-refractivity contribution in [2.75, 3.05) is 0 Å². The third-order valence-electron chi connectivity index (χ3n) is 7.54. The van der Waals surface area contributed by atoms with E-state index >= 15 is 0 Å². The molecule has 4 fully saturated rings. The fourth-order valence-electron chi connectivity index (χ4n) is 6.72. The van der Waals surface area contributed by atoms with Gasteiger partial charge in [0, 0.05) is 0 Å². The summed E-state index contributed by atoms with van der Waals surface area (Å²) in [5, 5.41) is 22.1. The van der Waals surface area contributed by atoms with Crippen molar-refractivity contribution in [1.82, 2.24) is 0 Å². The molecule has 0 radical (unpaired) electrons. The maximum absolute atomic E-state index is 11.1. The van der Waals surface area contributed by atoms with Crippen LogP contribution in [0.3, 0.4) is 0 Å². The largest absolute Gasteiger partial charge is 0.545 e. The second kappa shape index (κ2) is 6.20. The van der Waals surface area contributed by atoms with Gasteiger partial charge in [-0.15, -0.1) is 0 Å². The molecule has 2 aromatic carbocycles. The van der Waals surface area contributed by atoms with Gasteiger partial charge in [0.25, 0.3) is 0 Å². The van der Waals surface area contributed by atoms with Gasteiger partial charge in [-0.1, -0.05) is 48.5 Å². The molecule has 5 atom stereocenters. The maximum atomic E-state index is 11.1. The number of rotatable bonds is 4. The minimum absolute atomic E-state index is 0.155. The second-order valence-corrected chi connectivity index (χ2v) is 9.05. The van der Waals surface area contributed by atoms with Gasteiger partial charge in [-0.05, 0) is 83.4 Å². The predicted molar refractivity (Wildman–Crippen MR) is 99.5 cm³/mol. The smallest absolute Gasteiger partial charge is 0.0715 e. The highest BCUT2D eigenvalue weighted by Gasteiger charge is 2.55. The molecule has 4 nitrogen and oxygen atoms in total. The van der Waals surface area contributed by atoms with Crippen molar-refractivity contribution in [2.45, 2.75) is 43.4 Å². The van der Waals surface area contributed by atoms with E-state index in [0.717, 1.165) is 18.8 Å². The fourth-order valence-corrected chi connectivity index (χ4v) is 6.72. The number of carboxylic acids is 2. The van der Waals surface area contributed by atoms with Crippen molar-refractivity contribution in [3.8, 4) is 0 Å². The number of aromatic carboxylic acids is 2. The Balaban J connectivity index is 1.45. The Morgan fingerprint density at radius 1 is 0.750 bits per heavy atom. The average Bonchev–Trinajstić information content (AvgIpc) is 2.67. The van der Waals surface area contributed by atoms with E-state index in [2.05, 4.69) is 0 Å². The summed E-state index contributed by atoms with van der Waals surface area (Å²) < 4.78 is 0. The normalized spacial score (nSPS) is 33.0. The lowest BCUT2D eigenvalue weighted by Gasteiger charge is -2.60. The summed E-state index contributed by atoms with van der Waals surface area (Å²) >= 11 is 0. The second-order valence-electron chi connectivity index (χ2n) is 9.05. The molecule has 2 aromatic rings. The van der Waals surface area contributed by atoms with Crippen LogP contribution in [0.25, 0.3) is 0 Å². The molecule has 0 N–H and O–H groups in total. The van der Waals surface area contributed by atoms with Gasteiger partial charge in [-0.2, -0.15) is 0 Å². The zero-order chi connectivity index (χ0) is 19.5. The van der Waals surface area contributed by atoms with Gasteiger partial charge >= 0.3 is 0 Å². The molecule has 0 aromatic heterocycles. The highest BCUT2D eigenvalue weighted by molar-refractivity contribution is 5.86. The molecule has 4 aliphatic rings. The van der Waals surface area contributed by atoms with Gasteiger partial charge in [0.1, 0.15) is 0 Å². The van der Waals surface area contributed by atoms with Crippen molar-refractivity contribution < 1.29 is 19.8 Å². The Labute approximate surface area is 164 Å². The van der Waals surface area contributed by atoms with E-state index in [9.17, 15) is 19.8 Å². The van der Waals surface area contributed by atoms with E-state index in [1.165, 1.54) is 30.4 Å². The Kier molecular flexibility index (Phi) is 3.87. The van der Waals surface area contributed by atoms with Crippen LogP contribution in [0, 0.1) is 17.8 Å². The number of carbonyl (C=O) groups is 2. The van der Waals surface area contributed by atoms with Crippen molar-refractivity contribution in [3.05, 3.63) is 70.8 Å². The van der Waals surface area contributed by atoms with E-state index in [1.807, 2.05) is 24.3 Å². The molecule has 4 saturated carbocycles. The number of hydrogen-bond donors (Lipinski definition) is 0. The molecule has 4 aliphatic carbocycles. The summed E-state index contributed by atoms with van der Waals surface area (Å²) in [5.41, 5.74) is 3.14. The molecule has 6 rings (SSSR count). The summed E-state index contributed by atoms with van der Waals surface area (Å²) in [7, 11) is 0. The molecule has 0 saturated heterocycles. The van der Waals surface area contributed by atoms with E-state index in [1.54, 1.807) is 24.3 Å². The Bertz CT molecular complexity index is 912. The SMILES string of the molecule is O=C([O-])c1ccc(C2[C@@H]3CC4C[C@H]2CC(c2ccc(C(=O)[O-])cc2)(C4)C3)cc1. The molecule has 0 aliphatic heterocycles. The van der Waals surface area contributed by atoms with Crippen LogP contribution in [0.2, 0.25) is 0 Å². The molecule has 4 bridgehead atoms. The van der Waals surface area contributed by atoms with Crippen LogP contribution in [0.1, 0.15) is 69.9 Å². The number of benzene rings is 2. The van der Waals surface area contributed by atoms with Crippen LogP contribution in [-0.2, 0) is 5.41 Å². The standard InChI is InChI=1S/C24H24O4/c25-22(26)16-3-1-15(2-4-16)21-18-9-14-10-19(21)13-24(11-14,12-18)20-7-5-17(6-8-20)23(27)28/h1-8,14,18-19,21H,9-13H2,(H,25,26)(H,27,28)/p-2/t14?,18-,19+,21?,24?. The Morgan fingerprint density at radius 3 is 1.75 bits per heavy atom. The first-order chi connectivity index (χ1) is 13.4. The third-order valence-corrected chi connectivity index (χ3v) is 7.54. The zero-order valence-corrected chi connectivity index (χ0v) is 15.6. The first kappa shape index (κ1) is 17.5. The molecular formula is C24H22O4-2. The van der Waals surface area contributed by atoms with E-state index < -0.39 is 11.9 Å². The van der Waals surface area contributed by atoms with Crippen LogP contribution in [0.5, 0.6) is 0 Å². The van der Waals surface area contributed by atoms with E-state index in [0.29, 0.717) is 17.8 Å². The van der Waals surface area contributed by atoms with Crippen LogP contribution in [0.15, 0.2) is 48.5 Å². The van der Waals surface area contributed by atoms with E-state index in [4.69, 9.17) is 0 Å². The maximum Gasteiger partial charge on any atom is 0.0715 e. The summed E-state index contributed by atoms with van der Waals surface area (Å²) in [6.45, 7) is 0. The van der Waals surface area contributed by atoms with Crippen LogP contribution in [-0.4, -0.2) is 11.9 Å². The van der Waals surface area contributed by atoms with Crippen LogP contribution < -0.4 is 10.2 Å². The lowest BCUT2D eigenvalue weighted by molar-refractivity contribution is -0.256. The molecule has 4 heteroatoms. The van der Waals surface area contributed by atoms with E-state index in [-0.39, 0.29) is 16.5 Å². The minimum Gasteiger partial charge on any atom is -0.545 e. The summed E-state index contributed by atoms with van der Waals surface area (Å²) in [5.74, 6) is 0.162. The predicted octanol–water partition coefficient (Wildman–Crippen LogP) is 2.28. The lowest BCUT2D eigenvalue weighted by atomic mass is 9.44. The summed E-state index contributed by atoms with van der Waals surface area (Å²) in [6, 6.07) is 14.6. The zero-order valence-electron chi connectivity index (χ0n) is 15.6. The quantitative estimate of drug-likeness (QED) is 0.822. The van der Waals surface area contributed by atoms with Crippen molar-refractivity contribution in [3.63, 3.8) is 0 Å². The molecule has 0 amide bonds. The highest BCUT2D eigenvalue weighted by Crippen LogP contribution is 2.65. The summed E-state index contributed by atoms with van der Waals surface area (Å²) in [6.07, 6.45) is 5.92. The topological polar surface area (TPSA) is 80.3 Å². The molecule has 28 heavy (non-hydrogen) atoms. The molecule has 144 valence electrons. The van der Waals surface area contributed by atoms with Crippen LogP contribution >= 0.6 is 0 Å². The van der Waals surface area contributed by atoms with Gasteiger partial charge in [0.05, 0.1) is 11.9 Å². The average molecular weight is 374 g/mol. The fraction of sp³-hybridized carbons (Fsp3) is 0.417. The van der Waals surface area contributed by atoms with Crippen molar-refractivity contribution >= 4 is 11.9 Å². The highest BCUT2D eigenvalue weighted by atomic mass is 16.4. The van der Waals surface area contributed by atoms with Gasteiger partial charge in [0.2, 0.25) is 0 Å². The molecule has 3 unspecified atom stereocenters. The van der Waals surface area contributed by atoms with Crippen molar-refractivity contribution in [1.29, 1.82) is 0 Å². The number of carboxylic acid groups (broad SMARTS) is 2. The first-order valence-electron chi connectivity index (χ1n) is 10.1. The Hall–Kier alpha value is -2.62.